The first-order valence-corrected chi connectivity index (χ1v) is 5.70. The van der Waals surface area contributed by atoms with Crippen molar-refractivity contribution in [2.45, 2.75) is 11.4 Å². The molecule has 0 spiro atoms. The first-order valence-electron chi connectivity index (χ1n) is 3.86. The van der Waals surface area contributed by atoms with Crippen molar-refractivity contribution in [2.24, 2.45) is 0 Å². The molecule has 1 aliphatic rings. The van der Waals surface area contributed by atoms with E-state index in [1.165, 1.54) is 4.46 Å². The third kappa shape index (κ3) is 1.68. The van der Waals surface area contributed by atoms with Gasteiger partial charge in [0, 0.05) is 0 Å². The van der Waals surface area contributed by atoms with Crippen LogP contribution < -0.4 is 9.78 Å². The Morgan fingerprint density at radius 1 is 1.33 bits per heavy atom. The molecule has 1 unspecified atom stereocenters. The average Bonchev–Trinajstić information content (AvgIpc) is 2.04. The van der Waals surface area contributed by atoms with E-state index in [0.29, 0.717) is 19.9 Å². The molecule has 0 aliphatic carbocycles. The van der Waals surface area contributed by atoms with Gasteiger partial charge in [0.25, 0.3) is 0 Å². The number of benzene rings is 1. The number of carbonyl (C=O) groups excluding carboxylic acids is 1. The number of nitrogens with one attached hydrogen (secondary N) is 1. The molecular formula is C9H9NOSe. The third-order valence-corrected chi connectivity index (χ3v) is 4.05. The molecule has 0 saturated carbocycles. The molecule has 0 radical (unpaired) electrons. The first-order chi connectivity index (χ1) is 5.84. The molecule has 12 heavy (non-hydrogen) atoms. The van der Waals surface area contributed by atoms with Crippen molar-refractivity contribution in [3.63, 3.8) is 0 Å². The average molecular weight is 226 g/mol. The Morgan fingerprint density at radius 3 is 2.58 bits per heavy atom. The summed E-state index contributed by atoms with van der Waals surface area (Å²) in [5.74, 6) is 0.192. The molecule has 1 aliphatic heterocycles. The van der Waals surface area contributed by atoms with Gasteiger partial charge >= 0.3 is 77.1 Å². The monoisotopic (exact) mass is 227 g/mol. The summed E-state index contributed by atoms with van der Waals surface area (Å²) in [4.78, 5) is 11.0. The van der Waals surface area contributed by atoms with Crippen molar-refractivity contribution in [1.82, 2.24) is 5.32 Å². The quantitative estimate of drug-likeness (QED) is 0.552. The van der Waals surface area contributed by atoms with Crippen LogP contribution in [0.25, 0.3) is 0 Å². The van der Waals surface area contributed by atoms with Crippen LogP contribution in [-0.2, 0) is 4.79 Å². The van der Waals surface area contributed by atoms with E-state index in [0.717, 1.165) is 6.42 Å². The molecule has 3 heteroatoms. The molecule has 1 atom stereocenters. The van der Waals surface area contributed by atoms with E-state index in [1.54, 1.807) is 0 Å². The summed E-state index contributed by atoms with van der Waals surface area (Å²) in [6, 6.07) is 10.3. The van der Waals surface area contributed by atoms with Crippen LogP contribution in [0.1, 0.15) is 6.42 Å². The van der Waals surface area contributed by atoms with Crippen LogP contribution in [0.15, 0.2) is 30.3 Å². The standard InChI is InChI=1S/C9H9NOSe/c11-8-6-9(10-8)12-7-4-2-1-3-5-7/h1-5,9H,6H2,(H,10,11). The van der Waals surface area contributed by atoms with Gasteiger partial charge in [-0.15, -0.1) is 0 Å². The molecule has 0 bridgehead atoms. The minimum absolute atomic E-state index is 0.192. The summed E-state index contributed by atoms with van der Waals surface area (Å²) >= 11 is 0.412. The van der Waals surface area contributed by atoms with E-state index in [2.05, 4.69) is 17.4 Å². The fourth-order valence-electron chi connectivity index (χ4n) is 1.06. The molecule has 1 fully saturated rings. The van der Waals surface area contributed by atoms with Crippen molar-refractivity contribution >= 4 is 25.3 Å². The van der Waals surface area contributed by atoms with E-state index in [4.69, 9.17) is 0 Å². The van der Waals surface area contributed by atoms with Crippen LogP contribution in [0.3, 0.4) is 0 Å². The molecule has 1 N–H and O–H groups in total. The fourth-order valence-corrected chi connectivity index (χ4v) is 3.30. The minimum atomic E-state index is 0.192. The van der Waals surface area contributed by atoms with E-state index >= 15 is 0 Å². The van der Waals surface area contributed by atoms with Crippen molar-refractivity contribution in [1.29, 1.82) is 0 Å². The van der Waals surface area contributed by atoms with Crippen LogP contribution in [0, 0.1) is 0 Å². The Hall–Kier alpha value is -0.791. The SMILES string of the molecule is O=C1CC([Se]c2ccccc2)N1. The van der Waals surface area contributed by atoms with Gasteiger partial charge in [0.15, 0.2) is 0 Å². The second-order valence-electron chi connectivity index (χ2n) is 2.69. The molecule has 2 nitrogen and oxygen atoms in total. The second-order valence-corrected chi connectivity index (χ2v) is 5.37. The van der Waals surface area contributed by atoms with Crippen molar-refractivity contribution in [3.05, 3.63) is 30.3 Å². The van der Waals surface area contributed by atoms with Crippen LogP contribution >= 0.6 is 0 Å². The zero-order chi connectivity index (χ0) is 8.39. The van der Waals surface area contributed by atoms with Crippen molar-refractivity contribution < 1.29 is 4.79 Å². The maximum atomic E-state index is 10.6. The van der Waals surface area contributed by atoms with Gasteiger partial charge in [0.05, 0.1) is 0 Å². The van der Waals surface area contributed by atoms with E-state index in [9.17, 15) is 4.79 Å². The molecule has 1 aromatic rings. The van der Waals surface area contributed by atoms with Crippen LogP contribution in [-0.4, -0.2) is 25.8 Å². The zero-order valence-electron chi connectivity index (χ0n) is 6.49. The summed E-state index contributed by atoms with van der Waals surface area (Å²) in [7, 11) is 0. The topological polar surface area (TPSA) is 29.1 Å². The summed E-state index contributed by atoms with van der Waals surface area (Å²) < 4.78 is 1.36. The molecule has 1 amide bonds. The van der Waals surface area contributed by atoms with Gasteiger partial charge in [0.1, 0.15) is 0 Å². The van der Waals surface area contributed by atoms with Gasteiger partial charge in [-0.25, -0.2) is 0 Å². The first kappa shape index (κ1) is 7.84. The molecule has 1 aromatic carbocycles. The van der Waals surface area contributed by atoms with Crippen LogP contribution in [0.5, 0.6) is 0 Å². The summed E-state index contributed by atoms with van der Waals surface area (Å²) in [5, 5.41) is 2.88. The molecule has 2 rings (SSSR count). The van der Waals surface area contributed by atoms with Gasteiger partial charge in [-0.1, -0.05) is 0 Å². The molecule has 1 saturated heterocycles. The molecule has 0 aromatic heterocycles. The Morgan fingerprint density at radius 2 is 2.00 bits per heavy atom. The van der Waals surface area contributed by atoms with Gasteiger partial charge in [0.2, 0.25) is 0 Å². The van der Waals surface area contributed by atoms with E-state index < -0.39 is 0 Å². The molecular weight excluding hydrogens is 217 g/mol. The molecule has 62 valence electrons. The number of amides is 1. The van der Waals surface area contributed by atoms with Gasteiger partial charge in [-0.3, -0.25) is 0 Å². The molecule has 1 heterocycles. The van der Waals surface area contributed by atoms with Crippen molar-refractivity contribution in [3.8, 4) is 0 Å². The maximum absolute atomic E-state index is 10.6. The van der Waals surface area contributed by atoms with E-state index in [-0.39, 0.29) is 5.91 Å². The van der Waals surface area contributed by atoms with Crippen LogP contribution in [0.4, 0.5) is 0 Å². The predicted octanol–water partition coefficient (Wildman–Crippen LogP) is -0.138. The Bertz CT molecular complexity index is 278. The fraction of sp³-hybridized carbons (Fsp3) is 0.222. The summed E-state index contributed by atoms with van der Waals surface area (Å²) in [6.45, 7) is 0. The Kier molecular flexibility index (Phi) is 2.15. The van der Waals surface area contributed by atoms with Crippen molar-refractivity contribution in [2.75, 3.05) is 0 Å². The predicted molar refractivity (Wildman–Crippen MR) is 48.4 cm³/mol. The number of rotatable bonds is 2. The Labute approximate surface area is 77.5 Å². The summed E-state index contributed by atoms with van der Waals surface area (Å²) in [5.41, 5.74) is 0. The van der Waals surface area contributed by atoms with E-state index in [1.807, 2.05) is 18.2 Å². The number of hydrogen-bond acceptors (Lipinski definition) is 1. The Balaban J connectivity index is 1.92. The number of carbonyl (C=O) groups is 1. The second kappa shape index (κ2) is 3.30. The third-order valence-electron chi connectivity index (χ3n) is 1.71. The van der Waals surface area contributed by atoms with Gasteiger partial charge < -0.3 is 0 Å². The number of hydrogen-bond donors (Lipinski definition) is 1. The van der Waals surface area contributed by atoms with Gasteiger partial charge in [-0.2, -0.15) is 0 Å². The van der Waals surface area contributed by atoms with Gasteiger partial charge in [-0.05, 0) is 0 Å². The normalized spacial score (nSPS) is 21.3. The zero-order valence-corrected chi connectivity index (χ0v) is 8.20. The summed E-state index contributed by atoms with van der Waals surface area (Å²) in [6.07, 6.45) is 0.717. The number of β-lactam (4-membered cyclic amide) rings is 1. The van der Waals surface area contributed by atoms with Crippen LogP contribution in [0.2, 0.25) is 0 Å².